The fourth-order valence-corrected chi connectivity index (χ4v) is 5.09. The van der Waals surface area contributed by atoms with Crippen molar-refractivity contribution in [3.8, 4) is 11.5 Å². The van der Waals surface area contributed by atoms with Crippen molar-refractivity contribution in [3.63, 3.8) is 0 Å². The number of carbonyl (C=O) groups excluding carboxylic acids is 2. The number of alkyl halides is 2. The van der Waals surface area contributed by atoms with E-state index in [0.717, 1.165) is 27.0 Å². The Bertz CT molecular complexity index is 1130. The number of methoxy groups -OCH3 is 1. The molecule has 9 nitrogen and oxygen atoms in total. The Morgan fingerprint density at radius 1 is 1.23 bits per heavy atom. The first-order valence-electron chi connectivity index (χ1n) is 8.23. The molecule has 0 bridgehead atoms. The summed E-state index contributed by atoms with van der Waals surface area (Å²) in [5.41, 5.74) is 2.94. The number of anilines is 1. The van der Waals surface area contributed by atoms with Crippen LogP contribution in [0, 0.1) is 5.82 Å². The Hall–Kier alpha value is -2.84. The molecule has 2 aromatic rings. The zero-order chi connectivity index (χ0) is 23.7. The summed E-state index contributed by atoms with van der Waals surface area (Å²) in [6.45, 7) is -1.17. The summed E-state index contributed by atoms with van der Waals surface area (Å²) in [4.78, 5) is 22.9. The number of halogens is 3. The molecule has 2 amide bonds. The first-order valence-corrected chi connectivity index (χ1v) is 10.5. The lowest BCUT2D eigenvalue weighted by Gasteiger charge is -2.16. The molecule has 1 heterocycles. The normalized spacial score (nSPS) is 12.0. The number of nitrogens with one attached hydrogen (secondary N) is 1. The van der Waals surface area contributed by atoms with Crippen molar-refractivity contribution in [1.29, 1.82) is 0 Å². The summed E-state index contributed by atoms with van der Waals surface area (Å²) in [5.74, 6) is -4.79. The number of sulfone groups is 1. The minimum Gasteiger partial charge on any atom is -0.494 e. The molecule has 0 saturated carbocycles. The Morgan fingerprint density at radius 2 is 1.84 bits per heavy atom. The summed E-state index contributed by atoms with van der Waals surface area (Å²) in [7, 11) is -3.65. The highest BCUT2D eigenvalue weighted by molar-refractivity contribution is 7.93. The molecule has 0 spiro atoms. The van der Waals surface area contributed by atoms with Gasteiger partial charge in [0.15, 0.2) is 11.6 Å². The van der Waals surface area contributed by atoms with Gasteiger partial charge in [-0.3, -0.25) is 9.59 Å². The summed E-state index contributed by atoms with van der Waals surface area (Å²) in [6.07, 6.45) is 0. The van der Waals surface area contributed by atoms with Crippen LogP contribution in [0.3, 0.4) is 0 Å². The van der Waals surface area contributed by atoms with Crippen molar-refractivity contribution in [3.05, 3.63) is 29.6 Å². The minimum absolute atomic E-state index is 0.302. The van der Waals surface area contributed by atoms with Crippen LogP contribution in [0.1, 0.15) is 24.2 Å². The molecular formula is C17H17F3N2O7S2. The van der Waals surface area contributed by atoms with Gasteiger partial charge in [0.1, 0.15) is 25.5 Å². The maximum atomic E-state index is 13.9. The predicted octanol–water partition coefficient (Wildman–Crippen LogP) is 2.14. The number of carbonyl (C=O) groups is 2. The number of hydrogen-bond donors (Lipinski definition) is 3. The molecule has 1 aromatic heterocycles. The Morgan fingerprint density at radius 3 is 2.32 bits per heavy atom. The van der Waals surface area contributed by atoms with Crippen LogP contribution in [0.25, 0.3) is 0 Å². The first-order chi connectivity index (χ1) is 14.2. The number of primary amides is 1. The predicted molar refractivity (Wildman–Crippen MR) is 103 cm³/mol. The van der Waals surface area contributed by atoms with Crippen LogP contribution >= 0.6 is 11.3 Å². The fourth-order valence-electron chi connectivity index (χ4n) is 2.21. The zero-order valence-electron chi connectivity index (χ0n) is 16.2. The Kier molecular flexibility index (Phi) is 6.87. The van der Waals surface area contributed by atoms with Crippen LogP contribution in [0.15, 0.2) is 27.3 Å². The number of thiophene rings is 1. The zero-order valence-corrected chi connectivity index (χ0v) is 17.9. The molecular weight excluding hydrogens is 465 g/mol. The van der Waals surface area contributed by atoms with E-state index in [9.17, 15) is 36.3 Å². The van der Waals surface area contributed by atoms with E-state index >= 15 is 0 Å². The molecule has 14 heteroatoms. The van der Waals surface area contributed by atoms with Gasteiger partial charge in [-0.15, -0.1) is 11.3 Å². The number of nitrogens with two attached hydrogens (primary N) is 1. The summed E-state index contributed by atoms with van der Waals surface area (Å²) in [5, 5.41) is 11.6. The van der Waals surface area contributed by atoms with Crippen LogP contribution in [0.4, 0.5) is 18.2 Å². The van der Waals surface area contributed by atoms with E-state index in [2.05, 4.69) is 10.1 Å². The highest BCUT2D eigenvalue weighted by Gasteiger charge is 2.32. The SMILES string of the molecule is COc1cc(S(=O)(=O)c2cc(C(N)=O)c(NC(=O)C(C)(C)O)s2)c(OC(F)F)cc1F. The number of benzene rings is 1. The minimum atomic E-state index is -4.68. The van der Waals surface area contributed by atoms with Crippen molar-refractivity contribution in [2.45, 2.75) is 35.2 Å². The molecule has 4 N–H and O–H groups in total. The topological polar surface area (TPSA) is 145 Å². The number of hydrogen-bond acceptors (Lipinski definition) is 8. The van der Waals surface area contributed by atoms with Crippen molar-refractivity contribution in [2.75, 3.05) is 12.4 Å². The van der Waals surface area contributed by atoms with Crippen LogP contribution in [-0.2, 0) is 14.6 Å². The summed E-state index contributed by atoms with van der Waals surface area (Å²) < 4.78 is 73.8. The monoisotopic (exact) mass is 482 g/mol. The first kappa shape index (κ1) is 24.4. The Labute approximate surface area is 178 Å². The molecule has 0 aliphatic carbocycles. The molecule has 0 fully saturated rings. The van der Waals surface area contributed by atoms with Gasteiger partial charge >= 0.3 is 6.61 Å². The number of rotatable bonds is 8. The van der Waals surface area contributed by atoms with Gasteiger partial charge in [-0.1, -0.05) is 0 Å². The van der Waals surface area contributed by atoms with E-state index in [1.807, 2.05) is 0 Å². The van der Waals surface area contributed by atoms with Gasteiger partial charge in [-0.05, 0) is 19.9 Å². The third-order valence-electron chi connectivity index (χ3n) is 3.75. The molecule has 0 aliphatic rings. The second-order valence-electron chi connectivity index (χ2n) is 6.50. The highest BCUT2D eigenvalue weighted by atomic mass is 32.2. The van der Waals surface area contributed by atoms with Crippen molar-refractivity contribution in [1.82, 2.24) is 0 Å². The number of aliphatic hydroxyl groups is 1. The third kappa shape index (κ3) is 5.26. The third-order valence-corrected chi connectivity index (χ3v) is 7.05. The molecule has 1 aromatic carbocycles. The average Bonchev–Trinajstić information content (AvgIpc) is 3.05. The molecule has 0 atom stereocenters. The van der Waals surface area contributed by atoms with Crippen molar-refractivity contribution >= 4 is 38.0 Å². The van der Waals surface area contributed by atoms with Crippen molar-refractivity contribution in [2.24, 2.45) is 5.73 Å². The van der Waals surface area contributed by atoms with E-state index in [0.29, 0.717) is 23.5 Å². The number of ether oxygens (including phenoxy) is 2. The highest BCUT2D eigenvalue weighted by Crippen LogP contribution is 2.40. The van der Waals surface area contributed by atoms with Gasteiger partial charge in [-0.25, -0.2) is 12.8 Å². The van der Waals surface area contributed by atoms with Crippen LogP contribution in [0.5, 0.6) is 11.5 Å². The lowest BCUT2D eigenvalue weighted by Crippen LogP contribution is -2.36. The smallest absolute Gasteiger partial charge is 0.387 e. The van der Waals surface area contributed by atoms with Crippen LogP contribution in [-0.4, -0.2) is 44.7 Å². The quantitative estimate of drug-likeness (QED) is 0.489. The largest absolute Gasteiger partial charge is 0.494 e. The maximum absolute atomic E-state index is 13.9. The fraction of sp³-hybridized carbons (Fsp3) is 0.294. The average molecular weight is 482 g/mol. The second kappa shape index (κ2) is 8.72. The number of amides is 2. The van der Waals surface area contributed by atoms with Gasteiger partial charge < -0.3 is 25.6 Å². The van der Waals surface area contributed by atoms with Crippen LogP contribution in [0.2, 0.25) is 0 Å². The molecule has 0 radical (unpaired) electrons. The molecule has 0 aliphatic heterocycles. The molecule has 170 valence electrons. The van der Waals surface area contributed by atoms with E-state index in [4.69, 9.17) is 10.5 Å². The lowest BCUT2D eigenvalue weighted by atomic mass is 10.1. The summed E-state index contributed by atoms with van der Waals surface area (Å²) >= 11 is 0.370. The van der Waals surface area contributed by atoms with E-state index in [-0.39, 0.29) is 5.00 Å². The lowest BCUT2D eigenvalue weighted by molar-refractivity contribution is -0.130. The van der Waals surface area contributed by atoms with E-state index in [1.54, 1.807) is 0 Å². The van der Waals surface area contributed by atoms with E-state index < -0.39 is 65.8 Å². The van der Waals surface area contributed by atoms with E-state index in [1.165, 1.54) is 0 Å². The molecule has 0 unspecified atom stereocenters. The maximum Gasteiger partial charge on any atom is 0.387 e. The summed E-state index contributed by atoms with van der Waals surface area (Å²) in [6, 6.07) is 1.86. The molecule has 0 saturated heterocycles. The van der Waals surface area contributed by atoms with Crippen molar-refractivity contribution < 1.29 is 45.8 Å². The van der Waals surface area contributed by atoms with Gasteiger partial charge in [0.25, 0.3) is 11.8 Å². The van der Waals surface area contributed by atoms with Gasteiger partial charge in [0, 0.05) is 12.1 Å². The van der Waals surface area contributed by atoms with Gasteiger partial charge in [-0.2, -0.15) is 8.78 Å². The second-order valence-corrected chi connectivity index (χ2v) is 9.70. The molecule has 2 rings (SSSR count). The Balaban J connectivity index is 2.67. The van der Waals surface area contributed by atoms with Gasteiger partial charge in [0.2, 0.25) is 9.84 Å². The standard InChI is InChI=1S/C17H17F3N2O7S2/c1-17(2,25)15(24)22-14-7(13(21)23)4-12(30-14)31(26,27)11-6-9(28-3)8(18)5-10(11)29-16(19)20/h4-6,16,25H,1-3H3,(H2,21,23)(H,22,24). The van der Waals surface area contributed by atoms with Crippen LogP contribution < -0.4 is 20.5 Å². The molecule has 31 heavy (non-hydrogen) atoms. The van der Waals surface area contributed by atoms with Gasteiger partial charge in [0.05, 0.1) is 12.7 Å².